The number of carbonyl (C=O) groups is 2. The van der Waals surface area contributed by atoms with Crippen molar-refractivity contribution < 1.29 is 9.59 Å². The highest BCUT2D eigenvalue weighted by atomic mass is 32.1. The van der Waals surface area contributed by atoms with Crippen LogP contribution < -0.4 is 16.4 Å². The summed E-state index contributed by atoms with van der Waals surface area (Å²) in [6.07, 6.45) is 0. The van der Waals surface area contributed by atoms with Crippen LogP contribution in [0.2, 0.25) is 0 Å². The van der Waals surface area contributed by atoms with Crippen LogP contribution in [-0.2, 0) is 9.59 Å². The summed E-state index contributed by atoms with van der Waals surface area (Å²) in [5.41, 5.74) is 7.72. The van der Waals surface area contributed by atoms with Crippen molar-refractivity contribution in [2.75, 3.05) is 6.54 Å². The fourth-order valence-electron chi connectivity index (χ4n) is 2.46. The number of amides is 2. The lowest BCUT2D eigenvalue weighted by atomic mass is 10.1. The normalized spacial score (nSPS) is 13.3. The Labute approximate surface area is 158 Å². The van der Waals surface area contributed by atoms with Gasteiger partial charge in [-0.25, -0.2) is 4.98 Å². The van der Waals surface area contributed by atoms with E-state index in [2.05, 4.69) is 15.6 Å². The average molecular weight is 375 g/mol. The van der Waals surface area contributed by atoms with Crippen LogP contribution in [-0.4, -0.2) is 29.4 Å². The van der Waals surface area contributed by atoms with E-state index in [0.29, 0.717) is 0 Å². The molecule has 2 amide bonds. The van der Waals surface area contributed by atoms with E-state index in [4.69, 9.17) is 5.73 Å². The minimum absolute atomic E-state index is 0.0215. The molecule has 1 unspecified atom stereocenters. The van der Waals surface area contributed by atoms with Crippen LogP contribution in [0.25, 0.3) is 10.6 Å². The molecule has 4 N–H and O–H groups in total. The summed E-state index contributed by atoms with van der Waals surface area (Å²) in [7, 11) is 0. The first-order valence-electron chi connectivity index (χ1n) is 8.65. The summed E-state index contributed by atoms with van der Waals surface area (Å²) >= 11 is 1.56. The summed E-state index contributed by atoms with van der Waals surface area (Å²) in [5, 5.41) is 6.41. The molecule has 0 radical (unpaired) electrons. The molecule has 0 fully saturated rings. The molecule has 0 bridgehead atoms. The van der Waals surface area contributed by atoms with Crippen molar-refractivity contribution in [1.29, 1.82) is 0 Å². The number of aromatic nitrogens is 1. The van der Waals surface area contributed by atoms with Crippen molar-refractivity contribution in [3.63, 3.8) is 0 Å². The smallest absolute Gasteiger partial charge is 0.239 e. The number of benzene rings is 1. The molecular weight excluding hydrogens is 348 g/mol. The number of thiazole rings is 1. The molecule has 140 valence electrons. The zero-order valence-corrected chi connectivity index (χ0v) is 16.4. The van der Waals surface area contributed by atoms with Gasteiger partial charge >= 0.3 is 0 Å². The first kappa shape index (κ1) is 20.1. The van der Waals surface area contributed by atoms with E-state index in [1.165, 1.54) is 0 Å². The maximum Gasteiger partial charge on any atom is 0.239 e. The van der Waals surface area contributed by atoms with Gasteiger partial charge in [0.1, 0.15) is 5.01 Å². The van der Waals surface area contributed by atoms with E-state index in [9.17, 15) is 9.59 Å². The zero-order chi connectivity index (χ0) is 19.3. The van der Waals surface area contributed by atoms with Gasteiger partial charge in [0.25, 0.3) is 0 Å². The van der Waals surface area contributed by atoms with Gasteiger partial charge in [0.05, 0.1) is 29.2 Å². The largest absolute Gasteiger partial charge is 0.347 e. The minimum atomic E-state index is -0.614. The second kappa shape index (κ2) is 8.91. The number of nitrogens with two attached hydrogens (primary N) is 1. The van der Waals surface area contributed by atoms with E-state index in [0.717, 1.165) is 21.1 Å². The molecule has 2 aromatic rings. The van der Waals surface area contributed by atoms with E-state index < -0.39 is 6.04 Å². The maximum absolute atomic E-state index is 12.1. The van der Waals surface area contributed by atoms with Crippen LogP contribution in [0.4, 0.5) is 0 Å². The lowest BCUT2D eigenvalue weighted by Gasteiger charge is -2.16. The van der Waals surface area contributed by atoms with Crippen LogP contribution in [0.3, 0.4) is 0 Å². The number of rotatable bonds is 7. The molecule has 2 rings (SSSR count). The Morgan fingerprint density at radius 1 is 1.19 bits per heavy atom. The van der Waals surface area contributed by atoms with Gasteiger partial charge in [-0.15, -0.1) is 11.3 Å². The Morgan fingerprint density at radius 2 is 1.85 bits per heavy atom. The van der Waals surface area contributed by atoms with Gasteiger partial charge in [0.15, 0.2) is 0 Å². The highest BCUT2D eigenvalue weighted by Crippen LogP contribution is 2.31. The van der Waals surface area contributed by atoms with Crippen LogP contribution in [0.1, 0.15) is 37.4 Å². The fraction of sp³-hybridized carbons (Fsp3) is 0.421. The molecule has 26 heavy (non-hydrogen) atoms. The van der Waals surface area contributed by atoms with Crippen LogP contribution in [0.5, 0.6) is 0 Å². The highest BCUT2D eigenvalue weighted by molar-refractivity contribution is 7.15. The fourth-order valence-corrected chi connectivity index (χ4v) is 3.53. The van der Waals surface area contributed by atoms with Crippen molar-refractivity contribution >= 4 is 23.2 Å². The monoisotopic (exact) mass is 374 g/mol. The Hall–Kier alpha value is -2.25. The molecule has 0 spiro atoms. The van der Waals surface area contributed by atoms with E-state index >= 15 is 0 Å². The number of hydrogen-bond acceptors (Lipinski definition) is 5. The number of aryl methyl sites for hydroxylation is 1. The first-order valence-corrected chi connectivity index (χ1v) is 9.46. The van der Waals surface area contributed by atoms with E-state index in [1.54, 1.807) is 11.3 Å². The summed E-state index contributed by atoms with van der Waals surface area (Å²) in [6.45, 7) is 7.48. The van der Waals surface area contributed by atoms with Crippen LogP contribution >= 0.6 is 11.3 Å². The SMILES string of the molecule is Cc1nc(-c2ccccc2)sc1C(C)NC(=O)CNC(=O)[C@@H](N)C(C)C. The molecule has 0 aliphatic rings. The predicted molar refractivity (Wildman–Crippen MR) is 105 cm³/mol. The van der Waals surface area contributed by atoms with Gasteiger partial charge in [-0.2, -0.15) is 0 Å². The van der Waals surface area contributed by atoms with Crippen molar-refractivity contribution in [1.82, 2.24) is 15.6 Å². The quantitative estimate of drug-likeness (QED) is 0.693. The molecule has 0 aliphatic carbocycles. The van der Waals surface area contributed by atoms with Gasteiger partial charge in [-0.3, -0.25) is 9.59 Å². The van der Waals surface area contributed by atoms with Gasteiger partial charge in [0.2, 0.25) is 11.8 Å². The van der Waals surface area contributed by atoms with Gasteiger partial charge in [0, 0.05) is 5.56 Å². The minimum Gasteiger partial charge on any atom is -0.347 e. The summed E-state index contributed by atoms with van der Waals surface area (Å²) in [4.78, 5) is 29.6. The summed E-state index contributed by atoms with van der Waals surface area (Å²) in [5.74, 6) is -0.549. The van der Waals surface area contributed by atoms with Gasteiger partial charge in [-0.05, 0) is 19.8 Å². The lowest BCUT2D eigenvalue weighted by Crippen LogP contribution is -2.47. The molecule has 2 atom stereocenters. The molecule has 1 aromatic carbocycles. The Balaban J connectivity index is 1.95. The van der Waals surface area contributed by atoms with Crippen molar-refractivity contribution in [2.45, 2.75) is 39.8 Å². The van der Waals surface area contributed by atoms with Crippen LogP contribution in [0.15, 0.2) is 30.3 Å². The zero-order valence-electron chi connectivity index (χ0n) is 15.6. The third kappa shape index (κ3) is 5.12. The second-order valence-electron chi connectivity index (χ2n) is 6.61. The third-order valence-electron chi connectivity index (χ3n) is 4.07. The predicted octanol–water partition coefficient (Wildman–Crippen LogP) is 2.40. The van der Waals surface area contributed by atoms with Crippen LogP contribution in [0, 0.1) is 12.8 Å². The molecule has 1 aromatic heterocycles. The molecule has 0 aliphatic heterocycles. The van der Waals surface area contributed by atoms with Crippen molar-refractivity contribution in [2.24, 2.45) is 11.7 Å². The Kier molecular flexibility index (Phi) is 6.88. The molecule has 6 nitrogen and oxygen atoms in total. The highest BCUT2D eigenvalue weighted by Gasteiger charge is 2.20. The van der Waals surface area contributed by atoms with Gasteiger partial charge < -0.3 is 16.4 Å². The lowest BCUT2D eigenvalue weighted by molar-refractivity contribution is -0.127. The number of hydrogen-bond donors (Lipinski definition) is 3. The topological polar surface area (TPSA) is 97.1 Å². The first-order chi connectivity index (χ1) is 12.3. The number of carbonyl (C=O) groups excluding carboxylic acids is 2. The van der Waals surface area contributed by atoms with E-state index in [-0.39, 0.29) is 30.3 Å². The molecule has 7 heteroatoms. The summed E-state index contributed by atoms with van der Waals surface area (Å²) in [6, 6.07) is 9.14. The molecule has 1 heterocycles. The maximum atomic E-state index is 12.1. The van der Waals surface area contributed by atoms with Crippen molar-refractivity contribution in [3.05, 3.63) is 40.9 Å². The Morgan fingerprint density at radius 3 is 2.46 bits per heavy atom. The molecule has 0 saturated heterocycles. The second-order valence-corrected chi connectivity index (χ2v) is 7.64. The van der Waals surface area contributed by atoms with E-state index in [1.807, 2.05) is 58.0 Å². The molecular formula is C19H26N4O2S. The molecule has 0 saturated carbocycles. The third-order valence-corrected chi connectivity index (χ3v) is 5.46. The summed E-state index contributed by atoms with van der Waals surface area (Å²) < 4.78 is 0. The number of nitrogens with one attached hydrogen (secondary N) is 2. The Bertz CT molecular complexity index is 758. The standard InChI is InChI=1S/C19H26N4O2S/c1-11(2)16(20)18(25)21-10-15(24)22-12(3)17-13(4)23-19(26-17)14-8-6-5-7-9-14/h5-9,11-12,16H,10,20H2,1-4H3,(H,21,25)(H,22,24)/t12?,16-/m0/s1. The van der Waals surface area contributed by atoms with Crippen molar-refractivity contribution in [3.8, 4) is 10.6 Å². The number of nitrogens with zero attached hydrogens (tertiary/aromatic N) is 1. The average Bonchev–Trinajstić information content (AvgIpc) is 3.01. The van der Waals surface area contributed by atoms with Gasteiger partial charge in [-0.1, -0.05) is 44.2 Å².